The monoisotopic (exact) mass is 210 g/mol. The first-order valence-corrected chi connectivity index (χ1v) is 5.66. The summed E-state index contributed by atoms with van der Waals surface area (Å²) in [6.07, 6.45) is 0. The predicted molar refractivity (Wildman–Crippen MR) is 58.9 cm³/mol. The molecule has 1 fully saturated rings. The van der Waals surface area contributed by atoms with Gasteiger partial charge in [-0.25, -0.2) is 0 Å². The van der Waals surface area contributed by atoms with Gasteiger partial charge < -0.3 is 4.74 Å². The Labute approximate surface area is 88.0 Å². The molecule has 76 valence electrons. The Hall–Kier alpha value is -0.870. The normalized spacial score (nSPS) is 18.6. The number of hydrogen-bond acceptors (Lipinski definition) is 4. The van der Waals surface area contributed by atoms with Crippen molar-refractivity contribution in [1.29, 1.82) is 0 Å². The molecule has 0 unspecified atom stereocenters. The number of rotatable bonds is 2. The van der Waals surface area contributed by atoms with Crippen LogP contribution in [-0.4, -0.2) is 37.0 Å². The van der Waals surface area contributed by atoms with Gasteiger partial charge in [0.15, 0.2) is 0 Å². The first-order valence-electron chi connectivity index (χ1n) is 4.78. The van der Waals surface area contributed by atoms with Crippen molar-refractivity contribution in [1.82, 2.24) is 5.01 Å². The second-order valence-electron chi connectivity index (χ2n) is 3.23. The van der Waals surface area contributed by atoms with Gasteiger partial charge in [-0.05, 0) is 18.4 Å². The van der Waals surface area contributed by atoms with E-state index in [-0.39, 0.29) is 0 Å². The van der Waals surface area contributed by atoms with Crippen LogP contribution in [0.2, 0.25) is 0 Å². The molecular weight excluding hydrogens is 196 g/mol. The molecule has 0 amide bonds. The second kappa shape index (κ2) is 4.57. The zero-order chi connectivity index (χ0) is 9.80. The molecule has 14 heavy (non-hydrogen) atoms. The maximum atomic E-state index is 5.26. The number of ether oxygens (including phenoxy) is 1. The van der Waals surface area contributed by atoms with Gasteiger partial charge in [0.05, 0.1) is 32.0 Å². The molecule has 1 aliphatic heterocycles. The molecular formula is C10H14N2OS. The van der Waals surface area contributed by atoms with Crippen molar-refractivity contribution in [3.63, 3.8) is 0 Å². The summed E-state index contributed by atoms with van der Waals surface area (Å²) >= 11 is 1.73. The highest BCUT2D eigenvalue weighted by Gasteiger charge is 2.08. The van der Waals surface area contributed by atoms with Crippen molar-refractivity contribution >= 4 is 17.0 Å². The van der Waals surface area contributed by atoms with Crippen LogP contribution in [0.25, 0.3) is 0 Å². The van der Waals surface area contributed by atoms with Crippen molar-refractivity contribution in [3.8, 4) is 0 Å². The van der Waals surface area contributed by atoms with Gasteiger partial charge in [0.2, 0.25) is 0 Å². The molecule has 0 aromatic carbocycles. The highest BCUT2D eigenvalue weighted by atomic mass is 32.1. The van der Waals surface area contributed by atoms with Crippen molar-refractivity contribution < 1.29 is 4.74 Å². The van der Waals surface area contributed by atoms with Crippen LogP contribution < -0.4 is 0 Å². The lowest BCUT2D eigenvalue weighted by Crippen LogP contribution is -2.32. The maximum Gasteiger partial charge on any atom is 0.0746 e. The van der Waals surface area contributed by atoms with Gasteiger partial charge in [-0.15, -0.1) is 11.3 Å². The summed E-state index contributed by atoms with van der Waals surface area (Å²) in [6, 6.07) is 4.16. The first-order chi connectivity index (χ1) is 6.86. The van der Waals surface area contributed by atoms with Gasteiger partial charge in [-0.3, -0.25) is 5.01 Å². The summed E-state index contributed by atoms with van der Waals surface area (Å²) in [4.78, 5) is 1.25. The van der Waals surface area contributed by atoms with Gasteiger partial charge in [-0.1, -0.05) is 6.07 Å². The molecule has 1 aliphatic rings. The molecule has 1 saturated heterocycles. The molecule has 0 atom stereocenters. The third kappa shape index (κ3) is 2.33. The van der Waals surface area contributed by atoms with Gasteiger partial charge in [-0.2, -0.15) is 5.10 Å². The first kappa shape index (κ1) is 9.68. The number of hydrazone groups is 1. The lowest BCUT2D eigenvalue weighted by Gasteiger charge is -2.24. The van der Waals surface area contributed by atoms with Crippen LogP contribution in [0.4, 0.5) is 0 Å². The highest BCUT2D eigenvalue weighted by molar-refractivity contribution is 7.12. The van der Waals surface area contributed by atoms with Crippen LogP contribution in [0.3, 0.4) is 0 Å². The number of thiophene rings is 1. The van der Waals surface area contributed by atoms with E-state index >= 15 is 0 Å². The van der Waals surface area contributed by atoms with Gasteiger partial charge in [0.1, 0.15) is 0 Å². The van der Waals surface area contributed by atoms with Crippen LogP contribution in [-0.2, 0) is 4.74 Å². The van der Waals surface area contributed by atoms with E-state index in [4.69, 9.17) is 4.74 Å². The van der Waals surface area contributed by atoms with E-state index in [0.717, 1.165) is 32.0 Å². The topological polar surface area (TPSA) is 24.8 Å². The summed E-state index contributed by atoms with van der Waals surface area (Å²) in [5.41, 5.74) is 1.10. The second-order valence-corrected chi connectivity index (χ2v) is 4.18. The van der Waals surface area contributed by atoms with E-state index in [1.165, 1.54) is 4.88 Å². The third-order valence-corrected chi connectivity index (χ3v) is 3.14. The summed E-state index contributed by atoms with van der Waals surface area (Å²) in [6.45, 7) is 5.45. The molecule has 2 rings (SSSR count). The summed E-state index contributed by atoms with van der Waals surface area (Å²) in [7, 11) is 0. The van der Waals surface area contributed by atoms with Crippen LogP contribution in [0.15, 0.2) is 22.6 Å². The molecule has 3 nitrogen and oxygen atoms in total. The number of hydrogen-bond donors (Lipinski definition) is 0. The van der Waals surface area contributed by atoms with E-state index in [0.29, 0.717) is 0 Å². The van der Waals surface area contributed by atoms with E-state index in [1.807, 2.05) is 0 Å². The Balaban J connectivity index is 2.02. The highest BCUT2D eigenvalue weighted by Crippen LogP contribution is 2.11. The summed E-state index contributed by atoms with van der Waals surface area (Å²) in [5, 5.41) is 8.72. The van der Waals surface area contributed by atoms with E-state index in [1.54, 1.807) is 11.3 Å². The van der Waals surface area contributed by atoms with Gasteiger partial charge in [0.25, 0.3) is 0 Å². The molecule has 1 aromatic rings. The zero-order valence-corrected chi connectivity index (χ0v) is 9.09. The molecule has 0 saturated carbocycles. The van der Waals surface area contributed by atoms with Gasteiger partial charge in [0, 0.05) is 4.88 Å². The number of morpholine rings is 1. The minimum atomic E-state index is 0.793. The van der Waals surface area contributed by atoms with Crippen molar-refractivity contribution in [3.05, 3.63) is 22.4 Å². The van der Waals surface area contributed by atoms with Gasteiger partial charge >= 0.3 is 0 Å². The average Bonchev–Trinajstić information content (AvgIpc) is 2.72. The van der Waals surface area contributed by atoms with Crippen molar-refractivity contribution in [2.75, 3.05) is 26.3 Å². The largest absolute Gasteiger partial charge is 0.378 e. The molecule has 0 N–H and O–H groups in total. The fourth-order valence-electron chi connectivity index (χ4n) is 1.40. The average molecular weight is 210 g/mol. The Morgan fingerprint density at radius 1 is 1.50 bits per heavy atom. The number of nitrogens with zero attached hydrogens (tertiary/aromatic N) is 2. The smallest absolute Gasteiger partial charge is 0.0746 e. The summed E-state index contributed by atoms with van der Waals surface area (Å²) in [5.74, 6) is 0. The molecule has 4 heteroatoms. The molecule has 0 spiro atoms. The molecule has 1 aromatic heterocycles. The van der Waals surface area contributed by atoms with Crippen LogP contribution in [0.1, 0.15) is 11.8 Å². The Bertz CT molecular complexity index is 302. The van der Waals surface area contributed by atoms with E-state index in [2.05, 4.69) is 34.5 Å². The van der Waals surface area contributed by atoms with Crippen LogP contribution in [0, 0.1) is 0 Å². The third-order valence-electron chi connectivity index (χ3n) is 2.16. The van der Waals surface area contributed by atoms with Crippen LogP contribution >= 0.6 is 11.3 Å². The quantitative estimate of drug-likeness (QED) is 0.695. The minimum Gasteiger partial charge on any atom is -0.378 e. The lowest BCUT2D eigenvalue weighted by molar-refractivity contribution is 0.0394. The lowest BCUT2D eigenvalue weighted by atomic mass is 10.3. The van der Waals surface area contributed by atoms with Crippen LogP contribution in [0.5, 0.6) is 0 Å². The zero-order valence-electron chi connectivity index (χ0n) is 8.27. The predicted octanol–water partition coefficient (Wildman–Crippen LogP) is 1.80. The Morgan fingerprint density at radius 3 is 2.93 bits per heavy atom. The van der Waals surface area contributed by atoms with Crippen molar-refractivity contribution in [2.24, 2.45) is 5.10 Å². The van der Waals surface area contributed by atoms with Crippen molar-refractivity contribution in [2.45, 2.75) is 6.92 Å². The summed E-state index contributed by atoms with van der Waals surface area (Å²) < 4.78 is 5.26. The fraction of sp³-hybridized carbons (Fsp3) is 0.500. The maximum absolute atomic E-state index is 5.26. The van der Waals surface area contributed by atoms with E-state index in [9.17, 15) is 0 Å². The van der Waals surface area contributed by atoms with E-state index < -0.39 is 0 Å². The SMILES string of the molecule is C/C(=N/N1CCOCC1)c1cccs1. The minimum absolute atomic E-state index is 0.793. The standard InChI is InChI=1S/C10H14N2OS/c1-9(10-3-2-8-14-10)11-12-4-6-13-7-5-12/h2-3,8H,4-7H2,1H3/b11-9-. The molecule has 0 aliphatic carbocycles. The Morgan fingerprint density at radius 2 is 2.29 bits per heavy atom. The fourth-order valence-corrected chi connectivity index (χ4v) is 2.07. The molecule has 0 radical (unpaired) electrons. The molecule has 2 heterocycles. The Kier molecular flexibility index (Phi) is 3.16. The molecule has 0 bridgehead atoms.